The van der Waals surface area contributed by atoms with Crippen molar-refractivity contribution < 1.29 is 17.1 Å². The fraction of sp³-hybridized carbons (Fsp3) is 0. The van der Waals surface area contributed by atoms with Gasteiger partial charge < -0.3 is 0 Å². The third-order valence-corrected chi connectivity index (χ3v) is 0. The van der Waals surface area contributed by atoms with Crippen molar-refractivity contribution in [2.75, 3.05) is 0 Å². The van der Waals surface area contributed by atoms with E-state index in [1.54, 1.807) is 0 Å². The first-order valence-electron chi connectivity index (χ1n) is 0.408. The molecule has 0 unspecified atom stereocenters. The molecule has 0 nitrogen and oxygen atoms in total. The van der Waals surface area contributed by atoms with Gasteiger partial charge in [-0.15, -0.1) is 0 Å². The Hall–Kier alpha value is 1.34. The fourth-order valence-corrected chi connectivity index (χ4v) is 0. The molecule has 24 valence electrons. The van der Waals surface area contributed by atoms with Crippen LogP contribution in [0.1, 0.15) is 0 Å². The van der Waals surface area contributed by atoms with Gasteiger partial charge in [0.15, 0.2) is 0 Å². The Kier molecular flexibility index (Phi) is 19.9. The van der Waals surface area contributed by atoms with Crippen molar-refractivity contribution in [2.45, 2.75) is 0 Å². The van der Waals surface area contributed by atoms with Gasteiger partial charge in [0, 0.05) is 17.1 Å². The van der Waals surface area contributed by atoms with E-state index in [1.165, 1.54) is 0 Å². The predicted molar refractivity (Wildman–Crippen MR) is 16.5 cm³/mol. The average molecular weight is 226 g/mol. The minimum absolute atomic E-state index is 0. The molecule has 0 aromatic rings. The summed E-state index contributed by atoms with van der Waals surface area (Å²) in [6, 6.07) is 0. The van der Waals surface area contributed by atoms with Gasteiger partial charge in [-0.1, -0.05) is 0 Å². The van der Waals surface area contributed by atoms with E-state index in [0.717, 1.165) is 0 Å². The summed E-state index contributed by atoms with van der Waals surface area (Å²) in [5.41, 5.74) is 0. The molecule has 0 N–H and O–H groups in total. The van der Waals surface area contributed by atoms with Crippen LogP contribution in [0.4, 0.5) is 0 Å². The molecule has 0 rings (SSSR count). The van der Waals surface area contributed by atoms with Gasteiger partial charge in [-0.05, 0) is 0 Å². The zero-order valence-electron chi connectivity index (χ0n) is 1.67. The van der Waals surface area contributed by atoms with Crippen LogP contribution in [0.5, 0.6) is 0 Å². The summed E-state index contributed by atoms with van der Waals surface area (Å²) in [4.78, 5) is 0. The van der Waals surface area contributed by atoms with Gasteiger partial charge in [0.2, 0.25) is 0 Å². The second kappa shape index (κ2) is 8.84. The van der Waals surface area contributed by atoms with Gasteiger partial charge in [-0.3, -0.25) is 0 Å². The molecule has 0 bridgehead atoms. The summed E-state index contributed by atoms with van der Waals surface area (Å²) < 4.78 is 2.50. The van der Waals surface area contributed by atoms with Gasteiger partial charge in [0.05, 0.1) is 0 Å². The second-order valence-corrected chi connectivity index (χ2v) is 2.25. The van der Waals surface area contributed by atoms with Crippen LogP contribution in [0.25, 0.3) is 0 Å². The molecule has 0 aliphatic carbocycles. The molecule has 0 radical (unpaired) electrons. The molecule has 0 aromatic carbocycles. The quantitative estimate of drug-likeness (QED) is 0.462. The molecule has 0 aliphatic rings. The van der Waals surface area contributed by atoms with Gasteiger partial charge in [-0.2, -0.15) is 0 Å². The van der Waals surface area contributed by atoms with Gasteiger partial charge in [0.1, 0.15) is 0 Å². The molecule has 0 aliphatic heterocycles. The molecule has 0 amide bonds. The number of rotatable bonds is 0. The van der Waals surface area contributed by atoms with Gasteiger partial charge in [0.25, 0.3) is 0 Å². The van der Waals surface area contributed by atoms with E-state index in [0.29, 0.717) is 0 Å². The Labute approximate surface area is 51.5 Å². The average Bonchev–Trinajstić information content (AvgIpc) is 0.918. The van der Waals surface area contributed by atoms with E-state index in [9.17, 15) is 0 Å². The molecule has 0 aromatic heterocycles. The monoisotopic (exact) mass is 228 g/mol. The molecular weight excluding hydrogens is 226 g/mol. The second-order valence-electron chi connectivity index (χ2n) is 0.0833. The van der Waals surface area contributed by atoms with Crippen LogP contribution in [0.2, 0.25) is 0 Å². The Morgan fingerprint density at radius 1 is 1.25 bits per heavy atom. The van der Waals surface area contributed by atoms with E-state index in [1.807, 2.05) is 0 Å². The molecule has 0 spiro atoms. The third-order valence-electron chi connectivity index (χ3n) is 0. The van der Waals surface area contributed by atoms with Crippen molar-refractivity contribution in [3.05, 3.63) is 0 Å². The standard InChI is InChI=1S/CSe2.Fe/c2-1-3;. The summed E-state index contributed by atoms with van der Waals surface area (Å²) in [5, 5.41) is 0. The maximum absolute atomic E-state index is 2.50. The van der Waals surface area contributed by atoms with E-state index in [2.05, 4.69) is 34.6 Å². The maximum atomic E-state index is 2.50. The van der Waals surface area contributed by atoms with E-state index in [4.69, 9.17) is 0 Å². The van der Waals surface area contributed by atoms with Gasteiger partial charge in [-0.25, -0.2) is 0 Å². The third kappa shape index (κ3) is 10.2. The Morgan fingerprint density at radius 3 is 1.25 bits per heavy atom. The SMILES string of the molecule is [Fe].[Se]=C=[Se]. The molecule has 0 fully saturated rings. The first kappa shape index (κ1) is 9.02. The summed E-state index contributed by atoms with van der Waals surface area (Å²) >= 11 is 5.00. The molecule has 0 saturated carbocycles. The first-order valence-corrected chi connectivity index (χ1v) is 2.12. The molecular formula is CFeSe2. The van der Waals surface area contributed by atoms with Crippen LogP contribution < -0.4 is 0 Å². The van der Waals surface area contributed by atoms with E-state index >= 15 is 0 Å². The Bertz CT molecular complexity index is 27.0. The fourth-order valence-electron chi connectivity index (χ4n) is 0. The van der Waals surface area contributed by atoms with Crippen LogP contribution in [-0.2, 0) is 17.1 Å². The van der Waals surface area contributed by atoms with Crippen LogP contribution in [0, 0.1) is 0 Å². The topological polar surface area (TPSA) is 0 Å². The molecule has 0 heterocycles. The predicted octanol–water partition coefficient (Wildman–Crippen LogP) is -1.04. The molecule has 0 atom stereocenters. The van der Waals surface area contributed by atoms with E-state index in [-0.39, 0.29) is 17.1 Å². The van der Waals surface area contributed by atoms with Crippen LogP contribution in [0.3, 0.4) is 0 Å². The zero-order valence-corrected chi connectivity index (χ0v) is 6.20. The summed E-state index contributed by atoms with van der Waals surface area (Å²) in [6.45, 7) is 0. The first-order chi connectivity index (χ1) is 1.41. The zero-order chi connectivity index (χ0) is 2.71. The summed E-state index contributed by atoms with van der Waals surface area (Å²) in [7, 11) is 0. The minimum atomic E-state index is 0. The van der Waals surface area contributed by atoms with Crippen molar-refractivity contribution in [1.29, 1.82) is 0 Å². The Balaban J connectivity index is 0. The number of hydrogen-bond acceptors (Lipinski definition) is 0. The molecule has 0 saturated heterocycles. The van der Waals surface area contributed by atoms with Crippen LogP contribution >= 0.6 is 0 Å². The van der Waals surface area contributed by atoms with E-state index < -0.39 is 0 Å². The molecule has 4 heavy (non-hydrogen) atoms. The van der Waals surface area contributed by atoms with Gasteiger partial charge >= 0.3 is 34.6 Å². The molecule has 3 heteroatoms. The normalized spacial score (nSPS) is 2.00. The van der Waals surface area contributed by atoms with Crippen LogP contribution in [-0.4, -0.2) is 34.6 Å². The number of hydrogen-bond donors (Lipinski definition) is 0. The Morgan fingerprint density at radius 2 is 1.25 bits per heavy atom. The van der Waals surface area contributed by atoms with Crippen molar-refractivity contribution in [2.24, 2.45) is 0 Å². The van der Waals surface area contributed by atoms with Crippen LogP contribution in [0.15, 0.2) is 0 Å². The van der Waals surface area contributed by atoms with Crippen molar-refractivity contribution in [3.8, 4) is 0 Å². The van der Waals surface area contributed by atoms with Crippen molar-refractivity contribution in [3.63, 3.8) is 0 Å². The van der Waals surface area contributed by atoms with Crippen molar-refractivity contribution >= 4 is 34.6 Å². The summed E-state index contributed by atoms with van der Waals surface area (Å²) in [5.74, 6) is 0. The van der Waals surface area contributed by atoms with Crippen molar-refractivity contribution in [1.82, 2.24) is 0 Å². The summed E-state index contributed by atoms with van der Waals surface area (Å²) in [6.07, 6.45) is 0.